The largest absolute Gasteiger partial charge is 0.347 e. The summed E-state index contributed by atoms with van der Waals surface area (Å²) >= 11 is 0. The number of hydrogen-bond donors (Lipinski definition) is 2. The van der Waals surface area contributed by atoms with Crippen LogP contribution in [0.15, 0.2) is 30.3 Å². The van der Waals surface area contributed by atoms with Crippen molar-refractivity contribution >= 4 is 5.91 Å². The van der Waals surface area contributed by atoms with Gasteiger partial charge in [-0.3, -0.25) is 4.79 Å². The molecule has 0 radical (unpaired) electrons. The second kappa shape index (κ2) is 5.74. The van der Waals surface area contributed by atoms with Gasteiger partial charge in [0.15, 0.2) is 0 Å². The Morgan fingerprint density at radius 1 is 1.05 bits per heavy atom. The van der Waals surface area contributed by atoms with Crippen molar-refractivity contribution in [2.24, 2.45) is 5.41 Å². The molecular formula is C16H26N2O. The minimum atomic E-state index is -0.571. The number of nitrogens with one attached hydrogen (secondary N) is 2. The molecule has 0 aliphatic rings. The maximum Gasteiger partial charge on any atom is 0.240 e. The maximum absolute atomic E-state index is 12.4. The lowest BCUT2D eigenvalue weighted by Crippen LogP contribution is -2.53. The summed E-state index contributed by atoms with van der Waals surface area (Å²) in [6.07, 6.45) is 0. The highest BCUT2D eigenvalue weighted by Crippen LogP contribution is 2.32. The van der Waals surface area contributed by atoms with Crippen LogP contribution in [0, 0.1) is 5.41 Å². The minimum absolute atomic E-state index is 0.00572. The van der Waals surface area contributed by atoms with Crippen molar-refractivity contribution in [2.45, 2.75) is 46.2 Å². The van der Waals surface area contributed by atoms with E-state index in [9.17, 15) is 4.79 Å². The lowest BCUT2D eigenvalue weighted by Gasteiger charge is -2.35. The summed E-state index contributed by atoms with van der Waals surface area (Å²) in [5.74, 6) is 0.0128. The number of carbonyl (C=O) groups is 1. The summed E-state index contributed by atoms with van der Waals surface area (Å²) in [7, 11) is 1.80. The summed E-state index contributed by atoms with van der Waals surface area (Å²) in [6, 6.07) is 10.1. The fourth-order valence-electron chi connectivity index (χ4n) is 1.87. The second-order valence-corrected chi connectivity index (χ2v) is 6.56. The Morgan fingerprint density at radius 2 is 1.58 bits per heavy atom. The van der Waals surface area contributed by atoms with Crippen LogP contribution in [0.3, 0.4) is 0 Å². The van der Waals surface area contributed by atoms with Gasteiger partial charge in [-0.2, -0.15) is 0 Å². The van der Waals surface area contributed by atoms with Crippen molar-refractivity contribution in [3.8, 4) is 0 Å². The first-order valence-corrected chi connectivity index (χ1v) is 6.73. The Balaban J connectivity index is 2.99. The summed E-state index contributed by atoms with van der Waals surface area (Å²) in [6.45, 7) is 10.2. The van der Waals surface area contributed by atoms with Crippen LogP contribution >= 0.6 is 0 Å². The Labute approximate surface area is 116 Å². The Bertz CT molecular complexity index is 418. The van der Waals surface area contributed by atoms with Crippen LogP contribution in [0.5, 0.6) is 0 Å². The van der Waals surface area contributed by atoms with Gasteiger partial charge in [0.25, 0.3) is 0 Å². The van der Waals surface area contributed by atoms with Crippen LogP contribution in [-0.2, 0) is 4.79 Å². The van der Waals surface area contributed by atoms with Gasteiger partial charge in [-0.25, -0.2) is 0 Å². The topological polar surface area (TPSA) is 41.1 Å². The average molecular weight is 262 g/mol. The molecule has 2 N–H and O–H groups in total. The van der Waals surface area contributed by atoms with Gasteiger partial charge in [0.1, 0.15) is 0 Å². The number of rotatable bonds is 4. The quantitative estimate of drug-likeness (QED) is 0.876. The molecule has 1 aromatic rings. The van der Waals surface area contributed by atoms with Crippen LogP contribution in [-0.4, -0.2) is 18.5 Å². The molecule has 1 unspecified atom stereocenters. The lowest BCUT2D eigenvalue weighted by molar-refractivity contribution is -0.127. The number of benzene rings is 1. The zero-order valence-corrected chi connectivity index (χ0v) is 12.9. The molecule has 1 rings (SSSR count). The van der Waals surface area contributed by atoms with E-state index >= 15 is 0 Å². The SMILES string of the molecule is CNC(C)(C)C(=O)NC(c1ccccc1)C(C)(C)C. The molecule has 0 fully saturated rings. The molecule has 19 heavy (non-hydrogen) atoms. The first kappa shape index (κ1) is 15.7. The molecule has 0 saturated carbocycles. The highest BCUT2D eigenvalue weighted by molar-refractivity contribution is 5.85. The van der Waals surface area contributed by atoms with E-state index in [0.29, 0.717) is 0 Å². The number of likely N-dealkylation sites (N-methyl/N-ethyl adjacent to an activating group) is 1. The highest BCUT2D eigenvalue weighted by atomic mass is 16.2. The molecule has 106 valence electrons. The van der Waals surface area contributed by atoms with E-state index in [4.69, 9.17) is 0 Å². The van der Waals surface area contributed by atoms with E-state index in [1.165, 1.54) is 0 Å². The first-order chi connectivity index (χ1) is 8.68. The van der Waals surface area contributed by atoms with Crippen LogP contribution in [0.25, 0.3) is 0 Å². The average Bonchev–Trinajstić information content (AvgIpc) is 2.35. The second-order valence-electron chi connectivity index (χ2n) is 6.56. The lowest BCUT2D eigenvalue weighted by atomic mass is 9.82. The monoisotopic (exact) mass is 262 g/mol. The zero-order valence-electron chi connectivity index (χ0n) is 12.9. The Kier molecular flexibility index (Phi) is 4.75. The molecule has 0 aromatic heterocycles. The van der Waals surface area contributed by atoms with Gasteiger partial charge < -0.3 is 10.6 Å². The van der Waals surface area contributed by atoms with Crippen LogP contribution in [0.1, 0.15) is 46.2 Å². The standard InChI is InChI=1S/C16H26N2O/c1-15(2,3)13(12-10-8-7-9-11-12)18-14(19)16(4,5)17-6/h7-11,13,17H,1-6H3,(H,18,19). The van der Waals surface area contributed by atoms with Crippen molar-refractivity contribution in [2.75, 3.05) is 7.05 Å². The predicted octanol–water partition coefficient (Wildman–Crippen LogP) is 2.89. The van der Waals surface area contributed by atoms with Gasteiger partial charge in [0.05, 0.1) is 11.6 Å². The van der Waals surface area contributed by atoms with Crippen LogP contribution < -0.4 is 10.6 Å². The molecule has 0 heterocycles. The minimum Gasteiger partial charge on any atom is -0.347 e. The van der Waals surface area contributed by atoms with Crippen LogP contribution in [0.4, 0.5) is 0 Å². The van der Waals surface area contributed by atoms with Gasteiger partial charge in [0, 0.05) is 0 Å². The molecule has 1 atom stereocenters. The molecule has 3 nitrogen and oxygen atoms in total. The van der Waals surface area contributed by atoms with Gasteiger partial charge >= 0.3 is 0 Å². The first-order valence-electron chi connectivity index (χ1n) is 6.73. The predicted molar refractivity (Wildman–Crippen MR) is 79.9 cm³/mol. The third-order valence-electron chi connectivity index (χ3n) is 3.47. The summed E-state index contributed by atoms with van der Waals surface area (Å²) < 4.78 is 0. The zero-order chi connectivity index (χ0) is 14.7. The van der Waals surface area contributed by atoms with Gasteiger partial charge in [-0.1, -0.05) is 51.1 Å². The number of carbonyl (C=O) groups excluding carboxylic acids is 1. The maximum atomic E-state index is 12.4. The van der Waals surface area contributed by atoms with Gasteiger partial charge in [0.2, 0.25) is 5.91 Å². The van der Waals surface area contributed by atoms with E-state index in [0.717, 1.165) is 5.56 Å². The molecule has 0 aliphatic carbocycles. The van der Waals surface area contributed by atoms with Crippen molar-refractivity contribution in [3.63, 3.8) is 0 Å². The van der Waals surface area contributed by atoms with Crippen molar-refractivity contribution in [3.05, 3.63) is 35.9 Å². The third kappa shape index (κ3) is 4.06. The van der Waals surface area contributed by atoms with E-state index in [2.05, 4.69) is 43.5 Å². The van der Waals surface area contributed by atoms with E-state index in [1.807, 2.05) is 32.0 Å². The molecule has 0 saturated heterocycles. The molecule has 1 amide bonds. The number of amides is 1. The Morgan fingerprint density at radius 3 is 2.00 bits per heavy atom. The number of hydrogen-bond acceptors (Lipinski definition) is 2. The molecule has 0 bridgehead atoms. The van der Waals surface area contributed by atoms with Crippen molar-refractivity contribution in [1.82, 2.24) is 10.6 Å². The van der Waals surface area contributed by atoms with E-state index in [1.54, 1.807) is 7.05 Å². The van der Waals surface area contributed by atoms with Crippen molar-refractivity contribution < 1.29 is 4.79 Å². The highest BCUT2D eigenvalue weighted by Gasteiger charge is 2.32. The normalized spacial score (nSPS) is 14.0. The fraction of sp³-hybridized carbons (Fsp3) is 0.562. The van der Waals surface area contributed by atoms with Gasteiger partial charge in [-0.15, -0.1) is 0 Å². The third-order valence-corrected chi connectivity index (χ3v) is 3.47. The van der Waals surface area contributed by atoms with Gasteiger partial charge in [-0.05, 0) is 31.9 Å². The van der Waals surface area contributed by atoms with E-state index in [-0.39, 0.29) is 17.4 Å². The summed E-state index contributed by atoms with van der Waals surface area (Å²) in [4.78, 5) is 12.4. The smallest absolute Gasteiger partial charge is 0.240 e. The van der Waals surface area contributed by atoms with E-state index < -0.39 is 5.54 Å². The van der Waals surface area contributed by atoms with Crippen molar-refractivity contribution in [1.29, 1.82) is 0 Å². The molecule has 0 spiro atoms. The summed E-state index contributed by atoms with van der Waals surface area (Å²) in [5.41, 5.74) is 0.523. The molecule has 0 aliphatic heterocycles. The van der Waals surface area contributed by atoms with Crippen LogP contribution in [0.2, 0.25) is 0 Å². The fourth-order valence-corrected chi connectivity index (χ4v) is 1.87. The molecular weight excluding hydrogens is 236 g/mol. The molecule has 3 heteroatoms. The summed E-state index contributed by atoms with van der Waals surface area (Å²) in [5, 5.41) is 6.20. The molecule has 1 aromatic carbocycles. The Hall–Kier alpha value is -1.35.